The van der Waals surface area contributed by atoms with Gasteiger partial charge < -0.3 is 25.7 Å². The van der Waals surface area contributed by atoms with E-state index in [0.29, 0.717) is 5.11 Å². The molecule has 10 heteroatoms. The fraction of sp³-hybridized carbons (Fsp3) is 0.778. The Hall–Kier alpha value is 1.37. The second kappa shape index (κ2) is 19.4. The van der Waals surface area contributed by atoms with Crippen molar-refractivity contribution in [2.45, 2.75) is 29.7 Å². The topological polar surface area (TPSA) is 94.2 Å². The second-order valence-electron chi connectivity index (χ2n) is 2.40. The van der Waals surface area contributed by atoms with Crippen LogP contribution in [-0.2, 0) is 0 Å². The van der Waals surface area contributed by atoms with E-state index in [1.807, 2.05) is 0 Å². The van der Waals surface area contributed by atoms with Crippen molar-refractivity contribution in [1.29, 1.82) is 0 Å². The van der Waals surface area contributed by atoms with Gasteiger partial charge in [-0.25, -0.2) is 5.09 Å². The van der Waals surface area contributed by atoms with E-state index in [2.05, 4.69) is 21.0 Å². The summed E-state index contributed by atoms with van der Waals surface area (Å²) in [6.45, 7) is 1.30. The van der Waals surface area contributed by atoms with Gasteiger partial charge in [0.05, 0.1) is 13.3 Å². The van der Waals surface area contributed by atoms with Crippen molar-refractivity contribution in [3.8, 4) is 0 Å². The van der Waals surface area contributed by atoms with E-state index in [4.69, 9.17) is 24.4 Å². The van der Waals surface area contributed by atoms with Crippen LogP contribution in [0.15, 0.2) is 0 Å². The smallest absolute Gasteiger partial charge is 0.665 e. The molecule has 0 aliphatic heterocycles. The largest absolute Gasteiger partial charge is 1.00 e. The average Bonchev–Trinajstić information content (AvgIpc) is 2.00. The van der Waals surface area contributed by atoms with Crippen LogP contribution in [0.25, 0.3) is 0 Å². The summed E-state index contributed by atoms with van der Waals surface area (Å²) in [7, 11) is -1.90. The fourth-order valence-corrected chi connectivity index (χ4v) is 1.61. The van der Waals surface area contributed by atoms with E-state index in [1.54, 1.807) is 7.05 Å². The Bertz CT molecular complexity index is 231. The number of hydrogen-bond acceptors (Lipinski definition) is 4. The van der Waals surface area contributed by atoms with Crippen LogP contribution in [0.2, 0.25) is 0 Å². The molecule has 0 amide bonds. The zero-order valence-corrected chi connectivity index (χ0v) is 14.4. The summed E-state index contributed by atoms with van der Waals surface area (Å²) >= 11 is 9.47. The summed E-state index contributed by atoms with van der Waals surface area (Å²) in [5.74, 6) is 0. The molecule has 0 rings (SSSR count). The Balaban J connectivity index is -0.0000000845. The SMILES string of the molecule is C.C.C.C.CNC(=S)NCNC(=S)N[P+](C)([O-])[O-].[K+]. The molecule has 0 atom stereocenters. The quantitative estimate of drug-likeness (QED) is 0.186. The average molecular weight is 359 g/mol. The van der Waals surface area contributed by atoms with Crippen molar-refractivity contribution in [2.75, 3.05) is 20.4 Å². The normalized spacial score (nSPS) is 7.58. The van der Waals surface area contributed by atoms with Crippen molar-refractivity contribution in [2.24, 2.45) is 0 Å². The number of rotatable bonds is 3. The third-order valence-corrected chi connectivity index (χ3v) is 2.41. The van der Waals surface area contributed by atoms with Gasteiger partial charge in [0.2, 0.25) is 0 Å². The molecule has 0 saturated carbocycles. The molecule has 0 radical (unpaired) electrons. The van der Waals surface area contributed by atoms with Gasteiger partial charge in [-0.3, -0.25) is 0 Å². The van der Waals surface area contributed by atoms with Gasteiger partial charge in [0.15, 0.2) is 10.2 Å². The monoisotopic (exact) mass is 358 g/mol. The van der Waals surface area contributed by atoms with Crippen molar-refractivity contribution >= 4 is 42.5 Å². The molecule has 0 aromatic carbocycles. The zero-order chi connectivity index (χ0) is 11.2. The minimum absolute atomic E-state index is 0. The summed E-state index contributed by atoms with van der Waals surface area (Å²) in [5, 5.41) is 10.7. The molecule has 0 heterocycles. The molecule has 0 aliphatic rings. The maximum Gasteiger partial charge on any atom is 1.00 e. The van der Waals surface area contributed by atoms with Crippen molar-refractivity contribution < 1.29 is 61.2 Å². The summed E-state index contributed by atoms with van der Waals surface area (Å²) in [6, 6.07) is 0. The first kappa shape index (κ1) is 37.0. The predicted molar refractivity (Wildman–Crippen MR) is 88.3 cm³/mol. The molecular weight excluding hydrogens is 330 g/mol. The van der Waals surface area contributed by atoms with Gasteiger partial charge in [-0.05, 0) is 24.4 Å². The summed E-state index contributed by atoms with van der Waals surface area (Å²) in [4.78, 5) is 21.5. The van der Waals surface area contributed by atoms with Crippen LogP contribution in [0.1, 0.15) is 29.7 Å². The van der Waals surface area contributed by atoms with Crippen molar-refractivity contribution in [1.82, 2.24) is 21.0 Å². The standard InChI is InChI=1S/C5H13N4O2PS2.4CH4.K/c1-6-4(13)7-3-8-5(14)9-12(2,10)11;;;;;/h3H2,1-2H3,(H2,6,7,13)(H3,8,9,10,11,14);4*1H4;/q;;;;;+1/p-1. The van der Waals surface area contributed by atoms with Crippen molar-refractivity contribution in [3.05, 3.63) is 0 Å². The van der Waals surface area contributed by atoms with Gasteiger partial charge in [-0.1, -0.05) is 29.7 Å². The summed E-state index contributed by atoms with van der Waals surface area (Å²) < 4.78 is 0. The minimum atomic E-state index is -3.57. The predicted octanol–water partition coefficient (Wildman–Crippen LogP) is -2.84. The zero-order valence-electron chi connectivity index (χ0n) is 8.79. The van der Waals surface area contributed by atoms with Gasteiger partial charge in [0, 0.05) is 14.9 Å². The Labute approximate surface area is 172 Å². The van der Waals surface area contributed by atoms with E-state index in [1.165, 1.54) is 0 Å². The maximum atomic E-state index is 10.7. The van der Waals surface area contributed by atoms with Crippen molar-refractivity contribution in [3.63, 3.8) is 0 Å². The molecule has 6 nitrogen and oxygen atoms in total. The molecule has 0 spiro atoms. The third kappa shape index (κ3) is 28.3. The molecule has 0 saturated heterocycles. The molecule has 19 heavy (non-hydrogen) atoms. The van der Waals surface area contributed by atoms with Gasteiger partial charge in [-0.2, -0.15) is 0 Å². The molecule has 0 aromatic rings. The Morgan fingerprint density at radius 1 is 1.00 bits per heavy atom. The number of nitrogens with one attached hydrogen (secondary N) is 4. The van der Waals surface area contributed by atoms with Gasteiger partial charge >= 0.3 is 51.4 Å². The van der Waals surface area contributed by atoms with E-state index in [9.17, 15) is 9.79 Å². The molecule has 4 N–H and O–H groups in total. The Kier molecular flexibility index (Phi) is 37.7. The first-order valence-electron chi connectivity index (χ1n) is 3.65. The second-order valence-corrected chi connectivity index (χ2v) is 5.13. The summed E-state index contributed by atoms with van der Waals surface area (Å²) in [5.41, 5.74) is 0. The maximum absolute atomic E-state index is 10.7. The molecule has 0 aliphatic carbocycles. The minimum Gasteiger partial charge on any atom is -0.665 e. The first-order chi connectivity index (χ1) is 6.35. The van der Waals surface area contributed by atoms with Crippen LogP contribution >= 0.6 is 32.3 Å². The Morgan fingerprint density at radius 2 is 1.37 bits per heavy atom. The van der Waals surface area contributed by atoms with Gasteiger partial charge in [0.25, 0.3) is 0 Å². The van der Waals surface area contributed by atoms with E-state index in [0.717, 1.165) is 6.66 Å². The molecule has 0 bridgehead atoms. The van der Waals surface area contributed by atoms with E-state index in [-0.39, 0.29) is 92.9 Å². The molecule has 0 aromatic heterocycles. The van der Waals surface area contributed by atoms with Crippen LogP contribution < -0.4 is 82.2 Å². The molecule has 0 unspecified atom stereocenters. The van der Waals surface area contributed by atoms with E-state index >= 15 is 0 Å². The molecule has 0 fully saturated rings. The van der Waals surface area contributed by atoms with Crippen LogP contribution in [0, 0.1) is 0 Å². The molecule has 114 valence electrons. The third-order valence-electron chi connectivity index (χ3n) is 1.03. The van der Waals surface area contributed by atoms with Crippen LogP contribution in [0.3, 0.4) is 0 Å². The van der Waals surface area contributed by atoms with Crippen LogP contribution in [0.4, 0.5) is 0 Å². The summed E-state index contributed by atoms with van der Waals surface area (Å²) in [6.07, 6.45) is 0. The number of thiocarbonyl (C=S) groups is 2. The van der Waals surface area contributed by atoms with Crippen LogP contribution in [0.5, 0.6) is 0 Å². The fourth-order valence-electron chi connectivity index (χ4n) is 0.517. The molecular formula is C9H28KN4O2PS2. The van der Waals surface area contributed by atoms with Gasteiger partial charge in [-0.15, -0.1) is 0 Å². The van der Waals surface area contributed by atoms with Crippen LogP contribution in [-0.4, -0.2) is 30.6 Å². The van der Waals surface area contributed by atoms with Gasteiger partial charge in [0.1, 0.15) is 0 Å². The number of hydrogen-bond donors (Lipinski definition) is 4. The Morgan fingerprint density at radius 3 is 1.68 bits per heavy atom. The van der Waals surface area contributed by atoms with E-state index < -0.39 is 7.87 Å². The first-order valence-corrected chi connectivity index (χ1v) is 6.54.